The molecular formula is C41H33Cl2N7O4. The van der Waals surface area contributed by atoms with Crippen LogP contribution >= 0.6 is 23.2 Å². The molecule has 0 saturated carbocycles. The Morgan fingerprint density at radius 2 is 1.17 bits per heavy atom. The van der Waals surface area contributed by atoms with E-state index in [0.29, 0.717) is 57.5 Å². The number of benzene rings is 5. The molecule has 2 aromatic heterocycles. The Kier molecular flexibility index (Phi) is 10.2. The maximum atomic E-state index is 13.7. The lowest BCUT2D eigenvalue weighted by atomic mass is 9.89. The van der Waals surface area contributed by atoms with E-state index in [1.807, 2.05) is 122 Å². The number of amides is 1. The Hall–Kier alpha value is -6.17. The molecule has 2 unspecified atom stereocenters. The molecule has 0 N–H and O–H groups in total. The molecule has 7 aromatic rings. The van der Waals surface area contributed by atoms with E-state index >= 15 is 0 Å². The molecule has 270 valence electrons. The van der Waals surface area contributed by atoms with Crippen LogP contribution in [-0.2, 0) is 31.1 Å². The van der Waals surface area contributed by atoms with Crippen molar-refractivity contribution in [3.8, 4) is 17.2 Å². The van der Waals surface area contributed by atoms with Crippen LogP contribution in [0.2, 0.25) is 10.0 Å². The van der Waals surface area contributed by atoms with E-state index in [1.54, 1.807) is 32.5 Å². The smallest absolute Gasteiger partial charge is 0.271 e. The summed E-state index contributed by atoms with van der Waals surface area (Å²) in [5.74, 6) is 1.43. The molecule has 0 aliphatic carbocycles. The number of nitrogens with zero attached hydrogens (tertiary/aromatic N) is 7. The van der Waals surface area contributed by atoms with Gasteiger partial charge in [-0.3, -0.25) is 9.69 Å². The summed E-state index contributed by atoms with van der Waals surface area (Å²) in [6, 6.07) is 39.5. The second-order valence-corrected chi connectivity index (χ2v) is 13.5. The summed E-state index contributed by atoms with van der Waals surface area (Å²) in [6.07, 6.45) is 2.91. The first-order valence-corrected chi connectivity index (χ1v) is 18.0. The van der Waals surface area contributed by atoms with Crippen LogP contribution in [0.3, 0.4) is 0 Å². The largest absolute Gasteiger partial charge is 0.487 e. The Bertz CT molecular complexity index is 2340. The highest BCUT2D eigenvalue weighted by Crippen LogP contribution is 2.43. The number of anilines is 1. The zero-order valence-corrected chi connectivity index (χ0v) is 30.3. The molecule has 3 heterocycles. The van der Waals surface area contributed by atoms with Crippen molar-refractivity contribution >= 4 is 34.8 Å². The molecule has 0 radical (unpaired) electrons. The number of carbonyl (C=O) groups is 1. The monoisotopic (exact) mass is 757 g/mol. The minimum Gasteiger partial charge on any atom is -0.487 e. The maximum Gasteiger partial charge on any atom is 0.271 e. The SMILES string of the molecule is O=C1C(Oc2ccc(Cl)cc2Cl)C(c2ccc(OCc3cn(Cc4ccccc4)nn3)cc2)N1c1ccc(OCc2cn(Cc3ccccc3)nn2)cc1. The predicted molar refractivity (Wildman–Crippen MR) is 204 cm³/mol. The second kappa shape index (κ2) is 15.8. The van der Waals surface area contributed by atoms with Gasteiger partial charge in [-0.1, -0.05) is 106 Å². The Balaban J connectivity index is 0.942. The summed E-state index contributed by atoms with van der Waals surface area (Å²) in [6.45, 7) is 1.75. The van der Waals surface area contributed by atoms with E-state index in [9.17, 15) is 4.79 Å². The van der Waals surface area contributed by atoms with Crippen molar-refractivity contribution in [2.75, 3.05) is 4.90 Å². The molecule has 8 rings (SSSR count). The van der Waals surface area contributed by atoms with E-state index in [0.717, 1.165) is 16.7 Å². The molecule has 1 fully saturated rings. The number of hydrogen-bond donors (Lipinski definition) is 0. The van der Waals surface area contributed by atoms with Gasteiger partial charge in [0.2, 0.25) is 6.10 Å². The lowest BCUT2D eigenvalue weighted by Gasteiger charge is -2.46. The molecule has 0 spiro atoms. The molecule has 2 atom stereocenters. The quantitative estimate of drug-likeness (QED) is 0.103. The third-order valence-corrected chi connectivity index (χ3v) is 9.38. The number of rotatable bonds is 14. The minimum absolute atomic E-state index is 0.214. The van der Waals surface area contributed by atoms with Crippen LogP contribution in [0.1, 0.15) is 34.1 Å². The number of halogens is 2. The van der Waals surface area contributed by atoms with Gasteiger partial charge in [-0.2, -0.15) is 0 Å². The Morgan fingerprint density at radius 1 is 0.630 bits per heavy atom. The normalized spacial score (nSPS) is 15.1. The lowest BCUT2D eigenvalue weighted by Crippen LogP contribution is -2.61. The highest BCUT2D eigenvalue weighted by molar-refractivity contribution is 6.35. The number of carbonyl (C=O) groups excluding carboxylic acids is 1. The zero-order chi connectivity index (χ0) is 36.9. The van der Waals surface area contributed by atoms with Crippen LogP contribution < -0.4 is 19.1 Å². The fourth-order valence-corrected chi connectivity index (χ4v) is 6.63. The number of aromatic nitrogens is 6. The molecule has 1 amide bonds. The van der Waals surface area contributed by atoms with E-state index in [2.05, 4.69) is 20.6 Å². The summed E-state index contributed by atoms with van der Waals surface area (Å²) >= 11 is 12.6. The van der Waals surface area contributed by atoms with Gasteiger partial charge in [-0.15, -0.1) is 10.2 Å². The fourth-order valence-electron chi connectivity index (χ4n) is 6.18. The first-order valence-electron chi connectivity index (χ1n) is 17.2. The fraction of sp³-hybridized carbons (Fsp3) is 0.146. The minimum atomic E-state index is -0.829. The van der Waals surface area contributed by atoms with Gasteiger partial charge in [0, 0.05) is 10.7 Å². The van der Waals surface area contributed by atoms with Crippen molar-refractivity contribution in [2.24, 2.45) is 0 Å². The van der Waals surface area contributed by atoms with Crippen molar-refractivity contribution in [3.05, 3.63) is 178 Å². The van der Waals surface area contributed by atoms with Crippen LogP contribution in [0.15, 0.2) is 140 Å². The van der Waals surface area contributed by atoms with Crippen LogP contribution in [-0.4, -0.2) is 42.0 Å². The average molecular weight is 759 g/mol. The first-order chi connectivity index (χ1) is 26.4. The van der Waals surface area contributed by atoms with Crippen molar-refractivity contribution < 1.29 is 19.0 Å². The zero-order valence-electron chi connectivity index (χ0n) is 28.8. The first kappa shape index (κ1) is 34.9. The molecule has 5 aromatic carbocycles. The van der Waals surface area contributed by atoms with Crippen LogP contribution in [0.25, 0.3) is 0 Å². The van der Waals surface area contributed by atoms with Gasteiger partial charge >= 0.3 is 0 Å². The molecule has 54 heavy (non-hydrogen) atoms. The number of hydrogen-bond acceptors (Lipinski definition) is 8. The van der Waals surface area contributed by atoms with Crippen molar-refractivity contribution in [1.29, 1.82) is 0 Å². The standard InChI is InChI=1S/C41H33Cl2N7O4/c42-31-13-20-38(37(43)21-31)54-40-39(30-11-16-35(17-12-30)52-26-32-24-48(46-44-32)22-28-7-3-1-4-8-28)50(41(40)51)34-14-18-36(19-15-34)53-27-33-25-49(47-45-33)23-29-9-5-2-6-10-29/h1-21,24-25,39-40H,22-23,26-27H2. The molecule has 13 heteroatoms. The summed E-state index contributed by atoms with van der Waals surface area (Å²) in [4.78, 5) is 15.4. The van der Waals surface area contributed by atoms with E-state index in [1.165, 1.54) is 0 Å². The highest BCUT2D eigenvalue weighted by atomic mass is 35.5. The second-order valence-electron chi connectivity index (χ2n) is 12.7. The van der Waals surface area contributed by atoms with E-state index in [4.69, 9.17) is 37.4 Å². The highest BCUT2D eigenvalue weighted by Gasteiger charge is 2.51. The van der Waals surface area contributed by atoms with Crippen molar-refractivity contribution in [3.63, 3.8) is 0 Å². The third kappa shape index (κ3) is 8.07. The summed E-state index contributed by atoms with van der Waals surface area (Å²) < 4.78 is 21.8. The van der Waals surface area contributed by atoms with E-state index in [-0.39, 0.29) is 19.1 Å². The molecule has 11 nitrogen and oxygen atoms in total. The van der Waals surface area contributed by atoms with Crippen LogP contribution in [0.5, 0.6) is 17.2 Å². The van der Waals surface area contributed by atoms with Gasteiger partial charge < -0.3 is 14.2 Å². The number of β-lactam (4-membered cyclic amide) rings is 1. The molecule has 0 bridgehead atoms. The lowest BCUT2D eigenvalue weighted by molar-refractivity contribution is -0.135. The summed E-state index contributed by atoms with van der Waals surface area (Å²) in [7, 11) is 0. The molecule has 1 aliphatic heterocycles. The molecule has 1 aliphatic rings. The van der Waals surface area contributed by atoms with Crippen molar-refractivity contribution in [2.45, 2.75) is 38.4 Å². The van der Waals surface area contributed by atoms with E-state index < -0.39 is 12.1 Å². The van der Waals surface area contributed by atoms with Gasteiger partial charge in [-0.25, -0.2) is 9.36 Å². The Labute approximate surface area is 321 Å². The van der Waals surface area contributed by atoms with Crippen LogP contribution in [0.4, 0.5) is 5.69 Å². The topological polar surface area (TPSA) is 109 Å². The van der Waals surface area contributed by atoms with Crippen LogP contribution in [0, 0.1) is 0 Å². The van der Waals surface area contributed by atoms with Crippen molar-refractivity contribution in [1.82, 2.24) is 30.0 Å². The molecule has 1 saturated heterocycles. The summed E-state index contributed by atoms with van der Waals surface area (Å²) in [5.41, 5.74) is 5.22. The van der Waals surface area contributed by atoms with Gasteiger partial charge in [0.1, 0.15) is 47.9 Å². The third-order valence-electron chi connectivity index (χ3n) is 8.85. The van der Waals surface area contributed by atoms with Gasteiger partial charge in [0.05, 0.1) is 30.5 Å². The maximum absolute atomic E-state index is 13.7. The van der Waals surface area contributed by atoms with Gasteiger partial charge in [0.25, 0.3) is 5.91 Å². The molecular weight excluding hydrogens is 725 g/mol. The predicted octanol–water partition coefficient (Wildman–Crippen LogP) is 7.97. The van der Waals surface area contributed by atoms with Gasteiger partial charge in [0.15, 0.2) is 0 Å². The van der Waals surface area contributed by atoms with Gasteiger partial charge in [-0.05, 0) is 71.3 Å². The average Bonchev–Trinajstić information content (AvgIpc) is 3.85. The Morgan fingerprint density at radius 3 is 1.70 bits per heavy atom. The number of ether oxygens (including phenoxy) is 3. The summed E-state index contributed by atoms with van der Waals surface area (Å²) in [5, 5.41) is 17.7.